The van der Waals surface area contributed by atoms with E-state index < -0.39 is 21.5 Å². The fraction of sp³-hybridized carbons (Fsp3) is 0.741. The standard InChI is InChI=1S/C27H42N4O5S/c1-27(2,26(34)30-17-21(18-30)29-37(3,35)36)28-24(32)22-15-20-13-9-4-5-10-14-23(20)31(25(22)33)16-19-11-7-6-8-12-19/h15,19,21,29H,4-14,16-18H2,1-3H3,(H,28,32). The lowest BCUT2D eigenvalue weighted by molar-refractivity contribution is -0.141. The molecule has 0 aromatic carbocycles. The van der Waals surface area contributed by atoms with Crippen molar-refractivity contribution in [3.05, 3.63) is 33.2 Å². The summed E-state index contributed by atoms with van der Waals surface area (Å²) in [6.07, 6.45) is 13.1. The van der Waals surface area contributed by atoms with Gasteiger partial charge in [0.15, 0.2) is 0 Å². The van der Waals surface area contributed by atoms with Crippen LogP contribution in [0.3, 0.4) is 0 Å². The lowest BCUT2D eigenvalue weighted by Gasteiger charge is -2.43. The van der Waals surface area contributed by atoms with Gasteiger partial charge in [-0.25, -0.2) is 13.1 Å². The zero-order chi connectivity index (χ0) is 26.8. The first-order valence-corrected chi connectivity index (χ1v) is 15.7. The summed E-state index contributed by atoms with van der Waals surface area (Å²) in [4.78, 5) is 41.8. The molecule has 4 rings (SSSR count). The highest BCUT2D eigenvalue weighted by Crippen LogP contribution is 2.27. The number of nitrogens with zero attached hydrogens (tertiary/aromatic N) is 2. The molecule has 2 fully saturated rings. The molecule has 0 radical (unpaired) electrons. The molecule has 0 spiro atoms. The Morgan fingerprint density at radius 2 is 1.62 bits per heavy atom. The second kappa shape index (κ2) is 11.3. The number of aryl methyl sites for hydroxylation is 1. The fourth-order valence-electron chi connectivity index (χ4n) is 6.04. The minimum Gasteiger partial charge on any atom is -0.338 e. The molecule has 9 nitrogen and oxygen atoms in total. The zero-order valence-electron chi connectivity index (χ0n) is 22.5. The van der Waals surface area contributed by atoms with Crippen molar-refractivity contribution in [1.29, 1.82) is 0 Å². The quantitative estimate of drug-likeness (QED) is 0.557. The molecule has 3 aliphatic rings. The molecule has 1 aromatic heterocycles. The number of hydrogen-bond acceptors (Lipinski definition) is 5. The molecule has 0 unspecified atom stereocenters. The molecule has 2 aliphatic carbocycles. The van der Waals surface area contributed by atoms with Crippen LogP contribution in [-0.4, -0.2) is 60.6 Å². The third kappa shape index (κ3) is 6.82. The minimum absolute atomic E-state index is 0.108. The first-order valence-electron chi connectivity index (χ1n) is 13.8. The van der Waals surface area contributed by atoms with Gasteiger partial charge in [-0.15, -0.1) is 0 Å². The van der Waals surface area contributed by atoms with Gasteiger partial charge in [-0.1, -0.05) is 32.1 Å². The normalized spacial score (nSPS) is 19.9. The van der Waals surface area contributed by atoms with Crippen molar-refractivity contribution in [2.75, 3.05) is 19.3 Å². The monoisotopic (exact) mass is 534 g/mol. The molecule has 0 atom stereocenters. The number of pyridine rings is 1. The van der Waals surface area contributed by atoms with E-state index in [-0.39, 0.29) is 36.2 Å². The van der Waals surface area contributed by atoms with Crippen LogP contribution in [0.2, 0.25) is 0 Å². The molecule has 2 N–H and O–H groups in total. The van der Waals surface area contributed by atoms with Gasteiger partial charge >= 0.3 is 0 Å². The summed E-state index contributed by atoms with van der Waals surface area (Å²) in [5, 5.41) is 2.81. The van der Waals surface area contributed by atoms with Crippen LogP contribution in [-0.2, 0) is 34.2 Å². The van der Waals surface area contributed by atoms with Gasteiger partial charge < -0.3 is 14.8 Å². The maximum Gasteiger partial charge on any atom is 0.263 e. The van der Waals surface area contributed by atoms with Gasteiger partial charge in [0.1, 0.15) is 11.1 Å². The molecular formula is C27H42N4O5S. The highest BCUT2D eigenvalue weighted by atomic mass is 32.2. The number of hydrogen-bond donors (Lipinski definition) is 2. The van der Waals surface area contributed by atoms with E-state index in [1.54, 1.807) is 19.9 Å². The molecule has 1 aliphatic heterocycles. The second-order valence-corrected chi connectivity index (χ2v) is 13.5. The summed E-state index contributed by atoms with van der Waals surface area (Å²) in [7, 11) is -3.35. The number of nitrogens with one attached hydrogen (secondary N) is 2. The maximum atomic E-state index is 13.7. The number of carbonyl (C=O) groups excluding carboxylic acids is 2. The summed E-state index contributed by atoms with van der Waals surface area (Å²) in [6.45, 7) is 4.40. The van der Waals surface area contributed by atoms with Gasteiger partial charge in [-0.05, 0) is 69.9 Å². The number of aromatic nitrogens is 1. The highest BCUT2D eigenvalue weighted by molar-refractivity contribution is 7.88. The highest BCUT2D eigenvalue weighted by Gasteiger charge is 2.41. The van der Waals surface area contributed by atoms with Crippen molar-refractivity contribution >= 4 is 21.8 Å². The van der Waals surface area contributed by atoms with Crippen molar-refractivity contribution in [2.45, 2.75) is 103 Å². The summed E-state index contributed by atoms with van der Waals surface area (Å²) in [5.74, 6) is -0.379. The van der Waals surface area contributed by atoms with Crippen LogP contribution in [0.1, 0.15) is 93.3 Å². The molecule has 2 amide bonds. The Balaban J connectivity index is 1.54. The Labute approximate surface area is 220 Å². The lowest BCUT2D eigenvalue weighted by atomic mass is 9.88. The average molecular weight is 535 g/mol. The van der Waals surface area contributed by atoms with Crippen LogP contribution in [0.4, 0.5) is 0 Å². The van der Waals surface area contributed by atoms with Gasteiger partial charge in [0, 0.05) is 25.3 Å². The van der Waals surface area contributed by atoms with Gasteiger partial charge in [0.25, 0.3) is 11.5 Å². The van der Waals surface area contributed by atoms with Gasteiger partial charge in [0.05, 0.1) is 12.3 Å². The molecule has 1 aromatic rings. The minimum atomic E-state index is -3.35. The van der Waals surface area contributed by atoms with Gasteiger partial charge in [-0.2, -0.15) is 0 Å². The van der Waals surface area contributed by atoms with E-state index in [4.69, 9.17) is 0 Å². The lowest BCUT2D eigenvalue weighted by Crippen LogP contribution is -2.66. The third-order valence-electron chi connectivity index (χ3n) is 8.02. The van der Waals surface area contributed by atoms with Gasteiger partial charge in [0.2, 0.25) is 15.9 Å². The van der Waals surface area contributed by atoms with Crippen molar-refractivity contribution in [2.24, 2.45) is 5.92 Å². The predicted octanol–water partition coefficient (Wildman–Crippen LogP) is 2.36. The molecule has 1 saturated carbocycles. The van der Waals surface area contributed by atoms with Crippen LogP contribution in [0.15, 0.2) is 10.9 Å². The van der Waals surface area contributed by atoms with Crippen molar-refractivity contribution < 1.29 is 18.0 Å². The summed E-state index contributed by atoms with van der Waals surface area (Å²) < 4.78 is 27.2. The molecule has 0 bridgehead atoms. The molecular weight excluding hydrogens is 492 g/mol. The van der Waals surface area contributed by atoms with Crippen LogP contribution in [0.5, 0.6) is 0 Å². The topological polar surface area (TPSA) is 118 Å². The third-order valence-corrected chi connectivity index (χ3v) is 8.78. The largest absolute Gasteiger partial charge is 0.338 e. The van der Waals surface area contributed by atoms with Crippen LogP contribution >= 0.6 is 0 Å². The molecule has 2 heterocycles. The summed E-state index contributed by atoms with van der Waals surface area (Å²) in [6, 6.07) is 1.44. The Morgan fingerprint density at radius 1 is 1.00 bits per heavy atom. The van der Waals surface area contributed by atoms with Crippen LogP contribution < -0.4 is 15.6 Å². The number of rotatable bonds is 7. The molecule has 37 heavy (non-hydrogen) atoms. The number of fused-ring (bicyclic) bond motifs is 1. The summed E-state index contributed by atoms with van der Waals surface area (Å²) >= 11 is 0. The number of carbonyl (C=O) groups is 2. The van der Waals surface area contributed by atoms with Crippen molar-refractivity contribution in [3.8, 4) is 0 Å². The van der Waals surface area contributed by atoms with Gasteiger partial charge in [-0.3, -0.25) is 14.4 Å². The Kier molecular flexibility index (Phi) is 8.48. The van der Waals surface area contributed by atoms with E-state index in [0.29, 0.717) is 12.5 Å². The fourth-order valence-corrected chi connectivity index (χ4v) is 6.79. The van der Waals surface area contributed by atoms with E-state index in [0.717, 1.165) is 68.9 Å². The van der Waals surface area contributed by atoms with Crippen LogP contribution in [0.25, 0.3) is 0 Å². The first kappa shape index (κ1) is 27.8. The molecule has 206 valence electrons. The van der Waals surface area contributed by atoms with E-state index in [2.05, 4.69) is 10.0 Å². The van der Waals surface area contributed by atoms with E-state index in [1.165, 1.54) is 24.2 Å². The van der Waals surface area contributed by atoms with E-state index >= 15 is 0 Å². The predicted molar refractivity (Wildman–Crippen MR) is 143 cm³/mol. The summed E-state index contributed by atoms with van der Waals surface area (Å²) in [5.41, 5.74) is 0.787. The maximum absolute atomic E-state index is 13.7. The SMILES string of the molecule is CC(C)(NC(=O)c1cc2c(n(CC3CCCCC3)c1=O)CCCCCC2)C(=O)N1CC(NS(C)(=O)=O)C1. The van der Waals surface area contributed by atoms with E-state index in [1.807, 2.05) is 4.57 Å². The Morgan fingerprint density at radius 3 is 2.27 bits per heavy atom. The van der Waals surface area contributed by atoms with E-state index in [9.17, 15) is 22.8 Å². The first-order chi connectivity index (χ1) is 17.4. The van der Waals surface area contributed by atoms with Crippen LogP contribution in [0, 0.1) is 5.92 Å². The zero-order valence-corrected chi connectivity index (χ0v) is 23.3. The number of sulfonamides is 1. The smallest absolute Gasteiger partial charge is 0.263 e. The average Bonchev–Trinajstić information content (AvgIpc) is 2.78. The number of amides is 2. The number of likely N-dealkylation sites (tertiary alicyclic amines) is 1. The van der Waals surface area contributed by atoms with Crippen molar-refractivity contribution in [3.63, 3.8) is 0 Å². The Hall–Kier alpha value is -2.20. The second-order valence-electron chi connectivity index (χ2n) is 11.7. The molecule has 10 heteroatoms. The Bertz CT molecular complexity index is 1180. The van der Waals surface area contributed by atoms with Crippen molar-refractivity contribution in [1.82, 2.24) is 19.5 Å². The molecule has 1 saturated heterocycles.